The summed E-state index contributed by atoms with van der Waals surface area (Å²) < 4.78 is 0.739. The van der Waals surface area contributed by atoms with Gasteiger partial charge in [0.1, 0.15) is 0 Å². The first-order valence-electron chi connectivity index (χ1n) is 4.32. The molecule has 0 radical (unpaired) electrons. The Labute approximate surface area is 88.4 Å². The molecule has 1 atom stereocenters. The molecule has 0 fully saturated rings. The zero-order valence-corrected chi connectivity index (χ0v) is 9.75. The molecule has 0 spiro atoms. The Morgan fingerprint density at radius 3 is 2.46 bits per heavy atom. The van der Waals surface area contributed by atoms with Crippen molar-refractivity contribution < 1.29 is 5.11 Å². The standard InChI is InChI=1S/C10H15ClOS/c1-10(2,3)6-7(12)8-4-5-9(11)13-8/h4-5,7,12H,6H2,1-3H3. The lowest BCUT2D eigenvalue weighted by Crippen LogP contribution is -2.10. The minimum atomic E-state index is -0.377. The third-order valence-electron chi connectivity index (χ3n) is 1.73. The Balaban J connectivity index is 2.64. The van der Waals surface area contributed by atoms with Crippen molar-refractivity contribution in [2.45, 2.75) is 33.3 Å². The van der Waals surface area contributed by atoms with E-state index in [1.54, 1.807) is 0 Å². The lowest BCUT2D eigenvalue weighted by Gasteiger charge is -2.21. The average Bonchev–Trinajstić information content (AvgIpc) is 2.31. The van der Waals surface area contributed by atoms with Crippen molar-refractivity contribution in [3.63, 3.8) is 0 Å². The Morgan fingerprint density at radius 1 is 1.46 bits per heavy atom. The third kappa shape index (κ3) is 3.67. The lowest BCUT2D eigenvalue weighted by atomic mass is 9.89. The topological polar surface area (TPSA) is 20.2 Å². The van der Waals surface area contributed by atoms with Gasteiger partial charge in [-0.15, -0.1) is 11.3 Å². The zero-order chi connectivity index (χ0) is 10.1. The Bertz CT molecular complexity index is 275. The van der Waals surface area contributed by atoms with Gasteiger partial charge in [0.15, 0.2) is 0 Å². The number of thiophene rings is 1. The second kappa shape index (κ2) is 3.99. The summed E-state index contributed by atoms with van der Waals surface area (Å²) in [4.78, 5) is 0.958. The summed E-state index contributed by atoms with van der Waals surface area (Å²) in [5.41, 5.74) is 0.149. The predicted molar refractivity (Wildman–Crippen MR) is 58.4 cm³/mol. The lowest BCUT2D eigenvalue weighted by molar-refractivity contribution is 0.125. The molecular weight excluding hydrogens is 204 g/mol. The molecular formula is C10H15ClOS. The summed E-state index contributed by atoms with van der Waals surface area (Å²) in [7, 11) is 0. The molecule has 0 saturated carbocycles. The van der Waals surface area contributed by atoms with Gasteiger partial charge < -0.3 is 5.11 Å². The second-order valence-corrected chi connectivity index (χ2v) is 6.17. The summed E-state index contributed by atoms with van der Waals surface area (Å²) in [6, 6.07) is 3.72. The van der Waals surface area contributed by atoms with Crippen molar-refractivity contribution in [1.29, 1.82) is 0 Å². The summed E-state index contributed by atoms with van der Waals surface area (Å²) in [6.07, 6.45) is 0.390. The fourth-order valence-electron chi connectivity index (χ4n) is 1.19. The number of aliphatic hydroxyl groups excluding tert-OH is 1. The van der Waals surface area contributed by atoms with E-state index >= 15 is 0 Å². The van der Waals surface area contributed by atoms with Crippen LogP contribution < -0.4 is 0 Å². The Morgan fingerprint density at radius 2 is 2.08 bits per heavy atom. The molecule has 0 aliphatic carbocycles. The first-order chi connectivity index (χ1) is 5.88. The van der Waals surface area contributed by atoms with E-state index in [1.807, 2.05) is 12.1 Å². The van der Waals surface area contributed by atoms with Crippen LogP contribution in [0.3, 0.4) is 0 Å². The van der Waals surface area contributed by atoms with Crippen LogP contribution in [0.15, 0.2) is 12.1 Å². The van der Waals surface area contributed by atoms with Crippen LogP contribution in [0, 0.1) is 5.41 Å². The number of rotatable bonds is 2. The van der Waals surface area contributed by atoms with E-state index in [0.29, 0.717) is 0 Å². The van der Waals surface area contributed by atoms with Crippen LogP contribution in [0.4, 0.5) is 0 Å². The number of halogens is 1. The minimum Gasteiger partial charge on any atom is -0.388 e. The molecule has 1 rings (SSSR count). The van der Waals surface area contributed by atoms with Crippen LogP contribution in [-0.2, 0) is 0 Å². The summed E-state index contributed by atoms with van der Waals surface area (Å²) in [5.74, 6) is 0. The summed E-state index contributed by atoms with van der Waals surface area (Å²) >= 11 is 7.24. The van der Waals surface area contributed by atoms with Crippen molar-refractivity contribution in [3.05, 3.63) is 21.3 Å². The molecule has 0 bridgehead atoms. The Hall–Kier alpha value is -0.0500. The van der Waals surface area contributed by atoms with Gasteiger partial charge in [0.2, 0.25) is 0 Å². The normalized spacial score (nSPS) is 14.5. The number of hydrogen-bond acceptors (Lipinski definition) is 2. The Kier molecular flexibility index (Phi) is 3.38. The molecule has 1 N–H and O–H groups in total. The highest BCUT2D eigenvalue weighted by atomic mass is 35.5. The molecule has 1 heterocycles. The fraction of sp³-hybridized carbons (Fsp3) is 0.600. The van der Waals surface area contributed by atoms with E-state index in [-0.39, 0.29) is 11.5 Å². The SMILES string of the molecule is CC(C)(C)CC(O)c1ccc(Cl)s1. The van der Waals surface area contributed by atoms with Gasteiger partial charge in [0.05, 0.1) is 10.4 Å². The van der Waals surface area contributed by atoms with Crippen LogP contribution >= 0.6 is 22.9 Å². The van der Waals surface area contributed by atoms with E-state index in [1.165, 1.54) is 11.3 Å². The van der Waals surface area contributed by atoms with Gasteiger partial charge in [0, 0.05) is 4.88 Å². The maximum atomic E-state index is 9.82. The highest BCUT2D eigenvalue weighted by molar-refractivity contribution is 7.16. The van der Waals surface area contributed by atoms with Gasteiger partial charge in [-0.3, -0.25) is 0 Å². The molecule has 1 aromatic heterocycles. The van der Waals surface area contributed by atoms with E-state index in [0.717, 1.165) is 15.6 Å². The molecule has 0 aromatic carbocycles. The van der Waals surface area contributed by atoms with Crippen LogP contribution in [0.25, 0.3) is 0 Å². The average molecular weight is 219 g/mol. The maximum absolute atomic E-state index is 9.82. The molecule has 74 valence electrons. The molecule has 1 unspecified atom stereocenters. The van der Waals surface area contributed by atoms with Gasteiger partial charge in [-0.1, -0.05) is 32.4 Å². The first kappa shape index (κ1) is 11.0. The predicted octanol–water partition coefficient (Wildman–Crippen LogP) is 3.87. The van der Waals surface area contributed by atoms with E-state index in [2.05, 4.69) is 20.8 Å². The van der Waals surface area contributed by atoms with E-state index < -0.39 is 0 Å². The second-order valence-electron chi connectivity index (χ2n) is 4.42. The molecule has 0 saturated heterocycles. The molecule has 0 aliphatic rings. The fourth-order valence-corrected chi connectivity index (χ4v) is 2.23. The first-order valence-corrected chi connectivity index (χ1v) is 5.51. The van der Waals surface area contributed by atoms with Gasteiger partial charge in [-0.25, -0.2) is 0 Å². The molecule has 0 aliphatic heterocycles. The van der Waals surface area contributed by atoms with Gasteiger partial charge >= 0.3 is 0 Å². The van der Waals surface area contributed by atoms with Crippen LogP contribution in [0.5, 0.6) is 0 Å². The molecule has 3 heteroatoms. The number of hydrogen-bond donors (Lipinski definition) is 1. The number of aliphatic hydroxyl groups is 1. The minimum absolute atomic E-state index is 0.149. The van der Waals surface area contributed by atoms with Crippen molar-refractivity contribution in [2.24, 2.45) is 5.41 Å². The zero-order valence-electron chi connectivity index (χ0n) is 8.17. The third-order valence-corrected chi connectivity index (χ3v) is 3.06. The van der Waals surface area contributed by atoms with E-state index in [9.17, 15) is 5.11 Å². The maximum Gasteiger partial charge on any atom is 0.0932 e. The van der Waals surface area contributed by atoms with Gasteiger partial charge in [-0.05, 0) is 24.0 Å². The highest BCUT2D eigenvalue weighted by Crippen LogP contribution is 2.34. The van der Waals surface area contributed by atoms with Crippen LogP contribution in [0.2, 0.25) is 4.34 Å². The van der Waals surface area contributed by atoms with Crippen LogP contribution in [0.1, 0.15) is 38.2 Å². The van der Waals surface area contributed by atoms with Gasteiger partial charge in [0.25, 0.3) is 0 Å². The van der Waals surface area contributed by atoms with Crippen LogP contribution in [-0.4, -0.2) is 5.11 Å². The summed E-state index contributed by atoms with van der Waals surface area (Å²) in [6.45, 7) is 6.35. The molecule has 13 heavy (non-hydrogen) atoms. The summed E-state index contributed by atoms with van der Waals surface area (Å²) in [5, 5.41) is 9.82. The molecule has 1 nitrogen and oxygen atoms in total. The quantitative estimate of drug-likeness (QED) is 0.799. The highest BCUT2D eigenvalue weighted by Gasteiger charge is 2.19. The molecule has 0 amide bonds. The van der Waals surface area contributed by atoms with E-state index in [4.69, 9.17) is 11.6 Å². The smallest absolute Gasteiger partial charge is 0.0932 e. The van der Waals surface area contributed by atoms with Crippen molar-refractivity contribution >= 4 is 22.9 Å². The largest absolute Gasteiger partial charge is 0.388 e. The van der Waals surface area contributed by atoms with Gasteiger partial charge in [-0.2, -0.15) is 0 Å². The molecule has 1 aromatic rings. The monoisotopic (exact) mass is 218 g/mol. The van der Waals surface area contributed by atoms with Crippen molar-refractivity contribution in [1.82, 2.24) is 0 Å². The van der Waals surface area contributed by atoms with Crippen molar-refractivity contribution in [3.8, 4) is 0 Å². The van der Waals surface area contributed by atoms with Crippen molar-refractivity contribution in [2.75, 3.05) is 0 Å².